The highest BCUT2D eigenvalue weighted by molar-refractivity contribution is 5.47. The SMILES string of the molecule is CNc1ccc(Oc2ncccc2C#N)cc1. The van der Waals surface area contributed by atoms with Gasteiger partial charge in [-0.2, -0.15) is 5.26 Å². The maximum Gasteiger partial charge on any atom is 0.237 e. The number of hydrogen-bond donors (Lipinski definition) is 1. The first kappa shape index (κ1) is 11.0. The number of rotatable bonds is 3. The van der Waals surface area contributed by atoms with E-state index in [-0.39, 0.29) is 0 Å². The molecule has 84 valence electrons. The van der Waals surface area contributed by atoms with E-state index >= 15 is 0 Å². The van der Waals surface area contributed by atoms with Crippen LogP contribution in [-0.4, -0.2) is 12.0 Å². The Hall–Kier alpha value is -2.54. The normalized spacial score (nSPS) is 9.41. The lowest BCUT2D eigenvalue weighted by Crippen LogP contribution is -1.92. The Kier molecular flexibility index (Phi) is 3.22. The molecular weight excluding hydrogens is 214 g/mol. The highest BCUT2D eigenvalue weighted by Gasteiger charge is 2.04. The van der Waals surface area contributed by atoms with Crippen LogP contribution in [0.5, 0.6) is 11.6 Å². The summed E-state index contributed by atoms with van der Waals surface area (Å²) in [6.45, 7) is 0. The Morgan fingerprint density at radius 1 is 1.24 bits per heavy atom. The van der Waals surface area contributed by atoms with Crippen molar-refractivity contribution in [3.8, 4) is 17.7 Å². The van der Waals surface area contributed by atoms with Crippen LogP contribution in [0.4, 0.5) is 5.69 Å². The quantitative estimate of drug-likeness (QED) is 0.872. The van der Waals surface area contributed by atoms with Gasteiger partial charge in [0, 0.05) is 18.9 Å². The van der Waals surface area contributed by atoms with Crippen molar-refractivity contribution in [1.82, 2.24) is 4.98 Å². The molecule has 0 aliphatic rings. The van der Waals surface area contributed by atoms with Gasteiger partial charge in [0.25, 0.3) is 0 Å². The highest BCUT2D eigenvalue weighted by atomic mass is 16.5. The lowest BCUT2D eigenvalue weighted by molar-refractivity contribution is 0.461. The fraction of sp³-hybridized carbons (Fsp3) is 0.0769. The summed E-state index contributed by atoms with van der Waals surface area (Å²) in [7, 11) is 1.85. The molecule has 0 saturated heterocycles. The van der Waals surface area contributed by atoms with Gasteiger partial charge in [-0.15, -0.1) is 0 Å². The summed E-state index contributed by atoms with van der Waals surface area (Å²) in [5.74, 6) is 0.978. The van der Waals surface area contributed by atoms with E-state index in [0.717, 1.165) is 5.69 Å². The van der Waals surface area contributed by atoms with Gasteiger partial charge in [0.05, 0.1) is 0 Å². The van der Waals surface area contributed by atoms with Crippen molar-refractivity contribution in [1.29, 1.82) is 5.26 Å². The molecule has 1 aromatic carbocycles. The number of hydrogen-bond acceptors (Lipinski definition) is 4. The van der Waals surface area contributed by atoms with Gasteiger partial charge in [0.2, 0.25) is 5.88 Å². The van der Waals surface area contributed by atoms with Crippen LogP contribution in [0.2, 0.25) is 0 Å². The van der Waals surface area contributed by atoms with E-state index < -0.39 is 0 Å². The van der Waals surface area contributed by atoms with Crippen LogP contribution in [0.25, 0.3) is 0 Å². The van der Waals surface area contributed by atoms with Crippen LogP contribution in [-0.2, 0) is 0 Å². The molecule has 0 amide bonds. The Balaban J connectivity index is 2.23. The molecule has 0 atom stereocenters. The molecular formula is C13H11N3O. The minimum atomic E-state index is 0.326. The van der Waals surface area contributed by atoms with Crippen molar-refractivity contribution in [2.75, 3.05) is 12.4 Å². The minimum absolute atomic E-state index is 0.326. The zero-order chi connectivity index (χ0) is 12.1. The minimum Gasteiger partial charge on any atom is -0.438 e. The molecule has 0 aliphatic carbocycles. The standard InChI is InChI=1S/C13H11N3O/c1-15-11-4-6-12(7-5-11)17-13-10(9-14)3-2-8-16-13/h2-8,15H,1H3. The molecule has 1 heterocycles. The molecule has 0 fully saturated rings. The Bertz CT molecular complexity index is 543. The summed E-state index contributed by atoms with van der Waals surface area (Å²) in [5.41, 5.74) is 1.42. The largest absolute Gasteiger partial charge is 0.438 e. The fourth-order valence-corrected chi connectivity index (χ4v) is 1.36. The fourth-order valence-electron chi connectivity index (χ4n) is 1.36. The first-order valence-corrected chi connectivity index (χ1v) is 5.14. The summed E-state index contributed by atoms with van der Waals surface area (Å²) in [4.78, 5) is 4.03. The van der Waals surface area contributed by atoms with Crippen molar-refractivity contribution in [3.05, 3.63) is 48.2 Å². The molecule has 0 saturated carbocycles. The Morgan fingerprint density at radius 2 is 2.00 bits per heavy atom. The lowest BCUT2D eigenvalue weighted by Gasteiger charge is -2.06. The molecule has 0 radical (unpaired) electrons. The molecule has 4 heteroatoms. The van der Waals surface area contributed by atoms with Gasteiger partial charge < -0.3 is 10.1 Å². The third-order valence-electron chi connectivity index (χ3n) is 2.25. The average molecular weight is 225 g/mol. The van der Waals surface area contributed by atoms with Crippen LogP contribution in [0, 0.1) is 11.3 Å². The summed E-state index contributed by atoms with van der Waals surface area (Å²) < 4.78 is 5.54. The first-order valence-electron chi connectivity index (χ1n) is 5.14. The summed E-state index contributed by atoms with van der Waals surface area (Å²) in [6, 6.07) is 12.8. The number of aromatic nitrogens is 1. The number of nitrogens with zero attached hydrogens (tertiary/aromatic N) is 2. The average Bonchev–Trinajstić information content (AvgIpc) is 2.40. The van der Waals surface area contributed by atoms with E-state index in [1.807, 2.05) is 37.4 Å². The van der Waals surface area contributed by atoms with Crippen molar-refractivity contribution in [2.45, 2.75) is 0 Å². The van der Waals surface area contributed by atoms with Gasteiger partial charge in [-0.3, -0.25) is 0 Å². The molecule has 0 spiro atoms. The number of nitriles is 1. The van der Waals surface area contributed by atoms with Crippen LogP contribution in [0.3, 0.4) is 0 Å². The van der Waals surface area contributed by atoms with Gasteiger partial charge in [0.1, 0.15) is 17.4 Å². The van der Waals surface area contributed by atoms with Crippen LogP contribution in [0.1, 0.15) is 5.56 Å². The summed E-state index contributed by atoms with van der Waals surface area (Å²) >= 11 is 0. The first-order chi connectivity index (χ1) is 8.33. The van der Waals surface area contributed by atoms with Gasteiger partial charge in [-0.05, 0) is 36.4 Å². The second-order valence-corrected chi connectivity index (χ2v) is 3.34. The van der Waals surface area contributed by atoms with Gasteiger partial charge in [-0.25, -0.2) is 4.98 Å². The number of ether oxygens (including phenoxy) is 1. The van der Waals surface area contributed by atoms with E-state index in [9.17, 15) is 0 Å². The second kappa shape index (κ2) is 4.99. The molecule has 0 bridgehead atoms. The number of nitrogens with one attached hydrogen (secondary N) is 1. The zero-order valence-electron chi connectivity index (χ0n) is 9.34. The monoisotopic (exact) mass is 225 g/mol. The number of pyridine rings is 1. The predicted molar refractivity (Wildman–Crippen MR) is 65.0 cm³/mol. The molecule has 1 aromatic heterocycles. The third kappa shape index (κ3) is 2.52. The maximum atomic E-state index is 8.90. The highest BCUT2D eigenvalue weighted by Crippen LogP contribution is 2.23. The van der Waals surface area contributed by atoms with E-state index in [4.69, 9.17) is 10.00 Å². The van der Waals surface area contributed by atoms with E-state index in [1.54, 1.807) is 18.3 Å². The topological polar surface area (TPSA) is 57.9 Å². The molecule has 0 unspecified atom stereocenters. The summed E-state index contributed by atoms with van der Waals surface area (Å²) in [5, 5.41) is 11.9. The smallest absolute Gasteiger partial charge is 0.237 e. The molecule has 17 heavy (non-hydrogen) atoms. The van der Waals surface area contributed by atoms with E-state index in [0.29, 0.717) is 17.2 Å². The number of benzene rings is 1. The van der Waals surface area contributed by atoms with Crippen LogP contribution in [0.15, 0.2) is 42.6 Å². The summed E-state index contributed by atoms with van der Waals surface area (Å²) in [6.07, 6.45) is 1.60. The van der Waals surface area contributed by atoms with Gasteiger partial charge in [0.15, 0.2) is 0 Å². The van der Waals surface area contributed by atoms with E-state index in [2.05, 4.69) is 10.3 Å². The van der Waals surface area contributed by atoms with Crippen molar-refractivity contribution in [3.63, 3.8) is 0 Å². The van der Waals surface area contributed by atoms with Crippen molar-refractivity contribution >= 4 is 5.69 Å². The van der Waals surface area contributed by atoms with Gasteiger partial charge >= 0.3 is 0 Å². The van der Waals surface area contributed by atoms with E-state index in [1.165, 1.54) is 0 Å². The predicted octanol–water partition coefficient (Wildman–Crippen LogP) is 2.79. The van der Waals surface area contributed by atoms with Crippen molar-refractivity contribution < 1.29 is 4.74 Å². The Morgan fingerprint density at radius 3 is 2.65 bits per heavy atom. The third-order valence-corrected chi connectivity index (χ3v) is 2.25. The van der Waals surface area contributed by atoms with Crippen LogP contribution >= 0.6 is 0 Å². The lowest BCUT2D eigenvalue weighted by atomic mass is 10.3. The van der Waals surface area contributed by atoms with Gasteiger partial charge in [-0.1, -0.05) is 0 Å². The zero-order valence-corrected chi connectivity index (χ0v) is 9.34. The maximum absolute atomic E-state index is 8.90. The molecule has 2 aromatic rings. The molecule has 2 rings (SSSR count). The molecule has 1 N–H and O–H groups in total. The second-order valence-electron chi connectivity index (χ2n) is 3.34. The Labute approximate surface area is 99.5 Å². The molecule has 4 nitrogen and oxygen atoms in total. The molecule has 0 aliphatic heterocycles. The van der Waals surface area contributed by atoms with Crippen molar-refractivity contribution in [2.24, 2.45) is 0 Å². The number of anilines is 1. The van der Waals surface area contributed by atoms with Crippen LogP contribution < -0.4 is 10.1 Å².